The van der Waals surface area contributed by atoms with E-state index in [1.54, 1.807) is 36.4 Å². The van der Waals surface area contributed by atoms with Gasteiger partial charge in [0.05, 0.1) is 17.6 Å². The van der Waals surface area contributed by atoms with Crippen molar-refractivity contribution in [2.45, 2.75) is 12.1 Å². The third-order valence-electron chi connectivity index (χ3n) is 5.13. The fraction of sp³-hybridized carbons (Fsp3) is 0.143. The molecule has 0 spiro atoms. The van der Waals surface area contributed by atoms with Crippen molar-refractivity contribution in [1.29, 1.82) is 0 Å². The standard InChI is InChI=1S/C21H16N2O6/c24-11-17(19(25)13-7-9-14(10-8-13)23(28)29)22-20(26)15-5-1-3-12-4-2-6-16(18(12)15)21(22)27/h1-10,17,19,24-25H,11H2/t17-,19+/m1/s1. The normalized spacial score (nSPS) is 15.4. The number of hydrogen-bond donors (Lipinski definition) is 2. The minimum atomic E-state index is -1.42. The molecule has 2 N–H and O–H groups in total. The van der Waals surface area contributed by atoms with Crippen molar-refractivity contribution >= 4 is 28.3 Å². The number of hydrogen-bond acceptors (Lipinski definition) is 6. The summed E-state index contributed by atoms with van der Waals surface area (Å²) in [5.41, 5.74) is 0.707. The van der Waals surface area contributed by atoms with Crippen LogP contribution in [0.1, 0.15) is 32.4 Å². The van der Waals surface area contributed by atoms with Crippen molar-refractivity contribution in [3.63, 3.8) is 0 Å². The van der Waals surface area contributed by atoms with Crippen molar-refractivity contribution in [3.05, 3.63) is 87.5 Å². The van der Waals surface area contributed by atoms with Gasteiger partial charge in [-0.05, 0) is 35.2 Å². The van der Waals surface area contributed by atoms with Crippen molar-refractivity contribution in [2.75, 3.05) is 6.61 Å². The first-order valence-corrected chi connectivity index (χ1v) is 8.87. The van der Waals surface area contributed by atoms with E-state index in [0.717, 1.165) is 10.3 Å². The van der Waals surface area contributed by atoms with Gasteiger partial charge in [0.25, 0.3) is 17.5 Å². The molecule has 0 saturated carbocycles. The first-order chi connectivity index (χ1) is 13.9. The molecule has 3 aromatic carbocycles. The maximum atomic E-state index is 13.1. The molecular weight excluding hydrogens is 376 g/mol. The molecular formula is C21H16N2O6. The molecule has 0 saturated heterocycles. The van der Waals surface area contributed by atoms with Crippen molar-refractivity contribution in [3.8, 4) is 0 Å². The molecule has 0 aliphatic carbocycles. The molecule has 2 atom stereocenters. The Bertz CT molecular complexity index is 1090. The minimum Gasteiger partial charge on any atom is -0.394 e. The summed E-state index contributed by atoms with van der Waals surface area (Å²) in [6, 6.07) is 14.0. The highest BCUT2D eigenvalue weighted by Gasteiger charge is 2.40. The number of amides is 2. The van der Waals surface area contributed by atoms with E-state index in [1.807, 2.05) is 0 Å². The second-order valence-corrected chi connectivity index (χ2v) is 6.73. The predicted octanol–water partition coefficient (Wildman–Crippen LogP) is 2.44. The molecule has 0 unspecified atom stereocenters. The molecule has 1 aliphatic heterocycles. The summed E-state index contributed by atoms with van der Waals surface area (Å²) < 4.78 is 0. The second kappa shape index (κ2) is 7.08. The Labute approximate surface area is 164 Å². The third-order valence-corrected chi connectivity index (χ3v) is 5.13. The van der Waals surface area contributed by atoms with Gasteiger partial charge in [-0.25, -0.2) is 0 Å². The summed E-state index contributed by atoms with van der Waals surface area (Å²) in [5, 5.41) is 32.8. The Morgan fingerprint density at radius 1 is 0.931 bits per heavy atom. The van der Waals surface area contributed by atoms with Crippen molar-refractivity contribution < 1.29 is 24.7 Å². The zero-order valence-corrected chi connectivity index (χ0v) is 15.1. The first kappa shape index (κ1) is 18.7. The maximum absolute atomic E-state index is 13.1. The number of carbonyl (C=O) groups excluding carboxylic acids is 2. The highest BCUT2D eigenvalue weighted by atomic mass is 16.6. The number of non-ortho nitro benzene ring substituents is 1. The fourth-order valence-corrected chi connectivity index (χ4v) is 3.69. The summed E-state index contributed by atoms with van der Waals surface area (Å²) in [5.74, 6) is -1.22. The van der Waals surface area contributed by atoms with E-state index < -0.39 is 35.5 Å². The zero-order chi connectivity index (χ0) is 20.7. The van der Waals surface area contributed by atoms with Gasteiger partial charge in [0, 0.05) is 28.6 Å². The summed E-state index contributed by atoms with van der Waals surface area (Å²) in [7, 11) is 0. The molecule has 0 radical (unpaired) electrons. The number of benzene rings is 3. The van der Waals surface area contributed by atoms with Gasteiger partial charge in [0.1, 0.15) is 6.10 Å². The topological polar surface area (TPSA) is 121 Å². The average molecular weight is 392 g/mol. The largest absolute Gasteiger partial charge is 0.394 e. The molecule has 8 heteroatoms. The fourth-order valence-electron chi connectivity index (χ4n) is 3.69. The Morgan fingerprint density at radius 2 is 1.48 bits per heavy atom. The van der Waals surface area contributed by atoms with E-state index in [-0.39, 0.29) is 11.3 Å². The molecule has 3 aromatic rings. The van der Waals surface area contributed by atoms with Gasteiger partial charge in [0.2, 0.25) is 0 Å². The van der Waals surface area contributed by atoms with Crippen molar-refractivity contribution in [1.82, 2.24) is 4.90 Å². The van der Waals surface area contributed by atoms with Gasteiger partial charge in [-0.3, -0.25) is 24.6 Å². The van der Waals surface area contributed by atoms with Gasteiger partial charge in [-0.2, -0.15) is 0 Å². The van der Waals surface area contributed by atoms with Crippen LogP contribution in [0, 0.1) is 10.1 Å². The smallest absolute Gasteiger partial charge is 0.269 e. The lowest BCUT2D eigenvalue weighted by atomic mass is 9.91. The molecule has 0 bridgehead atoms. The number of carbonyl (C=O) groups is 2. The Hall–Kier alpha value is -3.62. The number of rotatable bonds is 5. The van der Waals surface area contributed by atoms with E-state index in [9.17, 15) is 29.9 Å². The number of aliphatic hydroxyl groups excluding tert-OH is 2. The maximum Gasteiger partial charge on any atom is 0.269 e. The van der Waals surface area contributed by atoms with Crippen LogP contribution >= 0.6 is 0 Å². The number of nitro benzene ring substituents is 1. The highest BCUT2D eigenvalue weighted by Crippen LogP contribution is 2.33. The zero-order valence-electron chi connectivity index (χ0n) is 15.1. The van der Waals surface area contributed by atoms with Crippen LogP contribution in [0.3, 0.4) is 0 Å². The molecule has 4 rings (SSSR count). The van der Waals surface area contributed by atoms with Crippen LogP contribution < -0.4 is 0 Å². The van der Waals surface area contributed by atoms with Gasteiger partial charge < -0.3 is 10.2 Å². The van der Waals surface area contributed by atoms with Crippen LogP contribution in [0.25, 0.3) is 10.8 Å². The third kappa shape index (κ3) is 2.95. The quantitative estimate of drug-likeness (QED) is 0.391. The van der Waals surface area contributed by atoms with Gasteiger partial charge >= 0.3 is 0 Å². The molecule has 2 amide bonds. The molecule has 1 aliphatic rings. The molecule has 0 fully saturated rings. The average Bonchev–Trinajstić information content (AvgIpc) is 2.74. The molecule has 1 heterocycles. The van der Waals surface area contributed by atoms with E-state index in [1.165, 1.54) is 24.3 Å². The highest BCUT2D eigenvalue weighted by molar-refractivity contribution is 6.25. The monoisotopic (exact) mass is 392 g/mol. The van der Waals surface area contributed by atoms with E-state index in [0.29, 0.717) is 16.5 Å². The second-order valence-electron chi connectivity index (χ2n) is 6.73. The van der Waals surface area contributed by atoms with Crippen LogP contribution in [0.2, 0.25) is 0 Å². The lowest BCUT2D eigenvalue weighted by Gasteiger charge is -2.35. The Morgan fingerprint density at radius 3 is 1.97 bits per heavy atom. The summed E-state index contributed by atoms with van der Waals surface area (Å²) in [6.07, 6.45) is -1.42. The summed E-state index contributed by atoms with van der Waals surface area (Å²) >= 11 is 0. The number of nitro groups is 1. The number of aliphatic hydroxyl groups is 2. The number of imide groups is 1. The van der Waals surface area contributed by atoms with Crippen molar-refractivity contribution in [2.24, 2.45) is 0 Å². The van der Waals surface area contributed by atoms with Crippen LogP contribution in [0.15, 0.2) is 60.7 Å². The first-order valence-electron chi connectivity index (χ1n) is 8.87. The van der Waals surface area contributed by atoms with E-state index in [2.05, 4.69) is 0 Å². The lowest BCUT2D eigenvalue weighted by Crippen LogP contribution is -2.51. The van der Waals surface area contributed by atoms with Gasteiger partial charge in [-0.1, -0.05) is 24.3 Å². The molecule has 146 valence electrons. The van der Waals surface area contributed by atoms with Crippen LogP contribution in [0.4, 0.5) is 5.69 Å². The summed E-state index contributed by atoms with van der Waals surface area (Å²) in [4.78, 5) is 37.3. The molecule has 0 aromatic heterocycles. The molecule has 29 heavy (non-hydrogen) atoms. The van der Waals surface area contributed by atoms with Gasteiger partial charge in [0.15, 0.2) is 0 Å². The van der Waals surface area contributed by atoms with Gasteiger partial charge in [-0.15, -0.1) is 0 Å². The predicted molar refractivity (Wildman–Crippen MR) is 103 cm³/mol. The SMILES string of the molecule is O=C1c2cccc3cccc(c23)C(=O)N1[C@H](CO)[C@@H](O)c1ccc([N+](=O)[O-])cc1. The van der Waals surface area contributed by atoms with Crippen LogP contribution in [-0.4, -0.2) is 44.5 Å². The Kier molecular flexibility index (Phi) is 4.57. The van der Waals surface area contributed by atoms with Crippen LogP contribution in [0.5, 0.6) is 0 Å². The van der Waals surface area contributed by atoms with E-state index in [4.69, 9.17) is 0 Å². The summed E-state index contributed by atoms with van der Waals surface area (Å²) in [6.45, 7) is -0.673. The van der Waals surface area contributed by atoms with E-state index >= 15 is 0 Å². The Balaban J connectivity index is 1.75. The molecule has 8 nitrogen and oxygen atoms in total. The minimum absolute atomic E-state index is 0.160. The number of nitrogens with zero attached hydrogens (tertiary/aromatic N) is 2. The van der Waals surface area contributed by atoms with Crippen LogP contribution in [-0.2, 0) is 0 Å². The lowest BCUT2D eigenvalue weighted by molar-refractivity contribution is -0.384.